The van der Waals surface area contributed by atoms with Gasteiger partial charge >= 0.3 is 0 Å². The number of pyridine rings is 1. The van der Waals surface area contributed by atoms with Gasteiger partial charge in [-0.25, -0.2) is 15.0 Å². The first-order valence-electron chi connectivity index (χ1n) is 9.83. The predicted molar refractivity (Wildman–Crippen MR) is 104 cm³/mol. The summed E-state index contributed by atoms with van der Waals surface area (Å²) in [5, 5.41) is 0. The largest absolute Gasteiger partial charge is 0.356 e. The molecule has 27 heavy (non-hydrogen) atoms. The van der Waals surface area contributed by atoms with Gasteiger partial charge < -0.3 is 9.47 Å². The number of piperidine rings is 1. The number of aromatic nitrogens is 5. The van der Waals surface area contributed by atoms with Crippen molar-refractivity contribution in [3.05, 3.63) is 66.4 Å². The highest BCUT2D eigenvalue weighted by Crippen LogP contribution is 2.39. The van der Waals surface area contributed by atoms with Gasteiger partial charge in [0.05, 0.1) is 0 Å². The number of imidazole rings is 1. The Labute approximate surface area is 159 Å². The average Bonchev–Trinajstić information content (AvgIpc) is 3.49. The lowest BCUT2D eigenvalue weighted by atomic mass is 9.95. The molecule has 1 saturated heterocycles. The van der Waals surface area contributed by atoms with Crippen molar-refractivity contribution < 1.29 is 0 Å². The molecule has 0 unspecified atom stereocenters. The van der Waals surface area contributed by atoms with Crippen LogP contribution in [0.3, 0.4) is 0 Å². The van der Waals surface area contributed by atoms with Gasteiger partial charge in [0.2, 0.25) is 0 Å². The minimum Gasteiger partial charge on any atom is -0.356 e. The minimum absolute atomic E-state index is 0.503. The molecule has 138 valence electrons. The zero-order valence-corrected chi connectivity index (χ0v) is 15.4. The molecule has 6 nitrogen and oxygen atoms in total. The molecule has 4 heterocycles. The molecular formula is C21H24N6. The first-order chi connectivity index (χ1) is 13.4. The van der Waals surface area contributed by atoms with Crippen molar-refractivity contribution in [3.63, 3.8) is 0 Å². The number of rotatable bonds is 5. The lowest BCUT2D eigenvalue weighted by Gasteiger charge is -2.32. The molecular weight excluding hydrogens is 336 g/mol. The van der Waals surface area contributed by atoms with Gasteiger partial charge in [-0.1, -0.05) is 0 Å². The molecule has 6 heteroatoms. The van der Waals surface area contributed by atoms with E-state index in [-0.39, 0.29) is 0 Å². The van der Waals surface area contributed by atoms with E-state index >= 15 is 0 Å². The predicted octanol–water partition coefficient (Wildman–Crippen LogP) is 3.38. The molecule has 0 spiro atoms. The van der Waals surface area contributed by atoms with Crippen LogP contribution in [0.4, 0.5) is 5.82 Å². The van der Waals surface area contributed by atoms with Crippen molar-refractivity contribution in [2.24, 2.45) is 0 Å². The van der Waals surface area contributed by atoms with Gasteiger partial charge in [0.25, 0.3) is 0 Å². The molecule has 0 atom stereocenters. The third kappa shape index (κ3) is 3.56. The molecule has 0 aromatic carbocycles. The van der Waals surface area contributed by atoms with Gasteiger partial charge in [0.15, 0.2) is 0 Å². The molecule has 5 rings (SSSR count). The Morgan fingerprint density at radius 1 is 0.889 bits per heavy atom. The van der Waals surface area contributed by atoms with Crippen LogP contribution in [-0.2, 0) is 6.54 Å². The summed E-state index contributed by atoms with van der Waals surface area (Å²) in [5.74, 6) is 3.46. The van der Waals surface area contributed by atoms with E-state index in [1.54, 1.807) is 6.33 Å². The molecule has 1 aliphatic carbocycles. The van der Waals surface area contributed by atoms with Crippen LogP contribution in [-0.4, -0.2) is 37.6 Å². The van der Waals surface area contributed by atoms with E-state index < -0.39 is 0 Å². The fourth-order valence-electron chi connectivity index (χ4n) is 4.00. The van der Waals surface area contributed by atoms with Crippen LogP contribution in [0.5, 0.6) is 0 Å². The molecule has 3 aromatic rings. The summed E-state index contributed by atoms with van der Waals surface area (Å²) in [6.07, 6.45) is 14.2. The fraction of sp³-hybridized carbons (Fsp3) is 0.429. The second kappa shape index (κ2) is 7.10. The van der Waals surface area contributed by atoms with Crippen molar-refractivity contribution in [2.45, 2.75) is 44.1 Å². The maximum absolute atomic E-state index is 4.68. The SMILES string of the molecule is c1cc(Cn2ccnc2C2CCN(c3cc(C4CC4)ncn3)CC2)ccn1. The number of anilines is 1. The van der Waals surface area contributed by atoms with Gasteiger partial charge in [-0.2, -0.15) is 0 Å². The van der Waals surface area contributed by atoms with E-state index in [4.69, 9.17) is 0 Å². The van der Waals surface area contributed by atoms with E-state index in [1.165, 1.54) is 29.9 Å². The van der Waals surface area contributed by atoms with Crippen LogP contribution in [0.2, 0.25) is 0 Å². The van der Waals surface area contributed by atoms with Gasteiger partial charge in [0.1, 0.15) is 18.0 Å². The van der Waals surface area contributed by atoms with Gasteiger partial charge in [-0.05, 0) is 43.4 Å². The third-order valence-electron chi connectivity index (χ3n) is 5.70. The normalized spacial score (nSPS) is 18.0. The van der Waals surface area contributed by atoms with Gasteiger partial charge in [0, 0.05) is 68.0 Å². The first-order valence-corrected chi connectivity index (χ1v) is 9.83. The lowest BCUT2D eigenvalue weighted by molar-refractivity contribution is 0.468. The Morgan fingerprint density at radius 3 is 2.48 bits per heavy atom. The van der Waals surface area contributed by atoms with E-state index in [2.05, 4.69) is 53.8 Å². The average molecular weight is 360 g/mol. The summed E-state index contributed by atoms with van der Waals surface area (Å²) >= 11 is 0. The Balaban J connectivity index is 1.26. The number of nitrogens with zero attached hydrogens (tertiary/aromatic N) is 6. The second-order valence-corrected chi connectivity index (χ2v) is 7.61. The second-order valence-electron chi connectivity index (χ2n) is 7.61. The third-order valence-corrected chi connectivity index (χ3v) is 5.70. The quantitative estimate of drug-likeness (QED) is 0.698. The summed E-state index contributed by atoms with van der Waals surface area (Å²) in [6, 6.07) is 6.33. The van der Waals surface area contributed by atoms with Crippen LogP contribution in [0.1, 0.15) is 54.6 Å². The number of hydrogen-bond donors (Lipinski definition) is 0. The van der Waals surface area contributed by atoms with Crippen molar-refractivity contribution in [2.75, 3.05) is 18.0 Å². The topological polar surface area (TPSA) is 59.7 Å². The Hall–Kier alpha value is -2.76. The Bertz CT molecular complexity index is 894. The summed E-state index contributed by atoms with van der Waals surface area (Å²) in [7, 11) is 0. The maximum Gasteiger partial charge on any atom is 0.132 e. The van der Waals surface area contributed by atoms with Crippen LogP contribution in [0.15, 0.2) is 49.3 Å². The molecule has 0 amide bonds. The van der Waals surface area contributed by atoms with Crippen LogP contribution in [0, 0.1) is 0 Å². The summed E-state index contributed by atoms with van der Waals surface area (Å²) in [5.41, 5.74) is 2.48. The Kier molecular flexibility index (Phi) is 4.32. The van der Waals surface area contributed by atoms with Crippen molar-refractivity contribution >= 4 is 5.82 Å². The van der Waals surface area contributed by atoms with Gasteiger partial charge in [-0.3, -0.25) is 4.98 Å². The molecule has 1 saturated carbocycles. The van der Waals surface area contributed by atoms with Crippen molar-refractivity contribution in [1.29, 1.82) is 0 Å². The first kappa shape index (κ1) is 16.4. The van der Waals surface area contributed by atoms with Crippen molar-refractivity contribution in [1.82, 2.24) is 24.5 Å². The molecule has 3 aromatic heterocycles. The standard InChI is InChI=1S/C21H24N6/c1-2-17(1)19-13-20(25-15-24-19)26-10-5-18(6-11-26)21-23-9-12-27(21)14-16-3-7-22-8-4-16/h3-4,7-9,12-13,15,17-18H,1-2,5-6,10-11,14H2. The van der Waals surface area contributed by atoms with Crippen LogP contribution < -0.4 is 4.90 Å². The summed E-state index contributed by atoms with van der Waals surface area (Å²) < 4.78 is 2.28. The maximum atomic E-state index is 4.68. The summed E-state index contributed by atoms with van der Waals surface area (Å²) in [4.78, 5) is 20.2. The van der Waals surface area contributed by atoms with Crippen LogP contribution >= 0.6 is 0 Å². The van der Waals surface area contributed by atoms with Gasteiger partial charge in [-0.15, -0.1) is 0 Å². The lowest BCUT2D eigenvalue weighted by Crippen LogP contribution is -2.34. The van der Waals surface area contributed by atoms with E-state index in [1.807, 2.05) is 18.6 Å². The van der Waals surface area contributed by atoms with E-state index in [9.17, 15) is 0 Å². The molecule has 0 radical (unpaired) electrons. The minimum atomic E-state index is 0.503. The molecule has 1 aliphatic heterocycles. The molecule has 0 N–H and O–H groups in total. The monoisotopic (exact) mass is 360 g/mol. The smallest absolute Gasteiger partial charge is 0.132 e. The summed E-state index contributed by atoms with van der Waals surface area (Å²) in [6.45, 7) is 2.90. The fourth-order valence-corrected chi connectivity index (χ4v) is 4.00. The highest BCUT2D eigenvalue weighted by atomic mass is 15.2. The highest BCUT2D eigenvalue weighted by Gasteiger charge is 2.28. The molecule has 0 bridgehead atoms. The van der Waals surface area contributed by atoms with E-state index in [0.717, 1.165) is 38.3 Å². The van der Waals surface area contributed by atoms with Crippen LogP contribution in [0.25, 0.3) is 0 Å². The zero-order chi connectivity index (χ0) is 18.1. The zero-order valence-electron chi connectivity index (χ0n) is 15.4. The van der Waals surface area contributed by atoms with E-state index in [0.29, 0.717) is 11.8 Å². The molecule has 2 aliphatic rings. The molecule has 2 fully saturated rings. The Morgan fingerprint density at radius 2 is 1.70 bits per heavy atom. The van der Waals surface area contributed by atoms with Crippen molar-refractivity contribution in [3.8, 4) is 0 Å². The number of hydrogen-bond acceptors (Lipinski definition) is 5. The highest BCUT2D eigenvalue weighted by molar-refractivity contribution is 5.41.